The van der Waals surface area contributed by atoms with E-state index in [1.165, 1.54) is 0 Å². The Kier molecular flexibility index (Phi) is 9.55. The summed E-state index contributed by atoms with van der Waals surface area (Å²) in [6, 6.07) is 9.52. The summed E-state index contributed by atoms with van der Waals surface area (Å²) in [5, 5.41) is 11.4. The topological polar surface area (TPSA) is 84.3 Å². The number of aliphatic hydroxyl groups is 1. The molecule has 1 rings (SSSR count). The van der Waals surface area contributed by atoms with Gasteiger partial charge in [-0.25, -0.2) is 0 Å². The second-order valence-electron chi connectivity index (χ2n) is 3.61. The summed E-state index contributed by atoms with van der Waals surface area (Å²) in [4.78, 5) is 0. The molecule has 0 spiro atoms. The lowest BCUT2D eigenvalue weighted by Gasteiger charge is -2.10. The highest BCUT2D eigenvalue weighted by Gasteiger charge is 1.97. The second-order valence-corrected chi connectivity index (χ2v) is 7.16. The van der Waals surface area contributed by atoms with E-state index in [2.05, 4.69) is 12.0 Å². The number of nitrogens with two attached hydrogens (primary N) is 2. The van der Waals surface area contributed by atoms with Gasteiger partial charge in [0.1, 0.15) is 6.49 Å². The molecule has 17 heavy (non-hydrogen) atoms. The van der Waals surface area contributed by atoms with Crippen molar-refractivity contribution in [2.75, 3.05) is 6.54 Å². The van der Waals surface area contributed by atoms with Crippen LogP contribution in [-0.4, -0.2) is 11.7 Å². The first kappa shape index (κ1) is 16.7. The van der Waals surface area contributed by atoms with E-state index >= 15 is 0 Å². The van der Waals surface area contributed by atoms with Crippen LogP contribution in [0.5, 0.6) is 0 Å². The van der Waals surface area contributed by atoms with E-state index in [9.17, 15) is 0 Å². The van der Waals surface area contributed by atoms with Crippen LogP contribution in [0.3, 0.4) is 0 Å². The van der Waals surface area contributed by atoms with Crippen molar-refractivity contribution in [1.29, 1.82) is 0 Å². The Morgan fingerprint density at radius 3 is 2.24 bits per heavy atom. The molecular formula is C11H22N3OPS. The molecule has 0 aliphatic heterocycles. The molecule has 4 nitrogen and oxygen atoms in total. The van der Waals surface area contributed by atoms with Crippen molar-refractivity contribution in [3.8, 4) is 0 Å². The molecule has 98 valence electrons. The third kappa shape index (κ3) is 12.0. The van der Waals surface area contributed by atoms with E-state index < -0.39 is 6.49 Å². The predicted octanol–water partition coefficient (Wildman–Crippen LogP) is 1.70. The van der Waals surface area contributed by atoms with Gasteiger partial charge in [-0.1, -0.05) is 43.7 Å². The van der Waals surface area contributed by atoms with Gasteiger partial charge < -0.3 is 5.11 Å². The highest BCUT2D eigenvalue weighted by atomic mass is 32.4. The lowest BCUT2D eigenvalue weighted by atomic mass is 10.2. The van der Waals surface area contributed by atoms with E-state index in [-0.39, 0.29) is 6.61 Å². The second kappa shape index (κ2) is 9.71. The molecule has 1 aromatic rings. The zero-order valence-corrected chi connectivity index (χ0v) is 11.9. The van der Waals surface area contributed by atoms with Crippen molar-refractivity contribution in [2.24, 2.45) is 11.0 Å². The highest BCUT2D eigenvalue weighted by Crippen LogP contribution is 2.17. The van der Waals surface area contributed by atoms with Crippen LogP contribution in [0, 0.1) is 0 Å². The Morgan fingerprint density at radius 1 is 1.29 bits per heavy atom. The molecule has 0 aromatic heterocycles. The highest BCUT2D eigenvalue weighted by molar-refractivity contribution is 8.11. The minimum Gasteiger partial charge on any atom is -0.392 e. The molecule has 0 saturated heterocycles. The number of unbranched alkanes of at least 4 members (excludes halogenated alkanes) is 1. The van der Waals surface area contributed by atoms with Crippen LogP contribution in [0.4, 0.5) is 0 Å². The van der Waals surface area contributed by atoms with E-state index in [1.807, 2.05) is 30.3 Å². The number of rotatable bonds is 5. The van der Waals surface area contributed by atoms with Crippen LogP contribution in [0.15, 0.2) is 30.3 Å². The maximum Gasteiger partial charge on any atom is 0.132 e. The summed E-state index contributed by atoms with van der Waals surface area (Å²) in [5.74, 6) is 0. The minimum absolute atomic E-state index is 0.140. The summed E-state index contributed by atoms with van der Waals surface area (Å²) < 4.78 is 0. The quantitative estimate of drug-likeness (QED) is 0.485. The zero-order chi connectivity index (χ0) is 13.1. The molecule has 0 heterocycles. The Hall–Kier alpha value is -0.290. The third-order valence-corrected chi connectivity index (χ3v) is 3.02. The molecule has 0 unspecified atom stereocenters. The Morgan fingerprint density at radius 2 is 1.88 bits per heavy atom. The number of benzene rings is 1. The molecule has 6 N–H and O–H groups in total. The summed E-state index contributed by atoms with van der Waals surface area (Å²) in [5.41, 5.74) is 11.7. The number of nitrogens with one attached hydrogen (secondary N) is 1. The molecule has 0 aliphatic rings. The van der Waals surface area contributed by atoms with Crippen molar-refractivity contribution in [3.63, 3.8) is 0 Å². The van der Waals surface area contributed by atoms with Crippen molar-refractivity contribution in [1.82, 2.24) is 5.09 Å². The molecule has 0 radical (unpaired) electrons. The Bertz CT molecular complexity index is 329. The fourth-order valence-corrected chi connectivity index (χ4v) is 1.80. The van der Waals surface area contributed by atoms with Crippen LogP contribution in [0.1, 0.15) is 25.3 Å². The maximum atomic E-state index is 8.54. The molecule has 0 atom stereocenters. The van der Waals surface area contributed by atoms with Gasteiger partial charge in [0.25, 0.3) is 0 Å². The summed E-state index contributed by atoms with van der Waals surface area (Å²) in [6.45, 7) is 0.985. The monoisotopic (exact) mass is 275 g/mol. The Labute approximate surface area is 109 Å². The van der Waals surface area contributed by atoms with Gasteiger partial charge in [-0.3, -0.25) is 16.1 Å². The van der Waals surface area contributed by atoms with Crippen LogP contribution < -0.4 is 16.1 Å². The number of hydrogen-bond acceptors (Lipinski definition) is 2. The molecular weight excluding hydrogens is 253 g/mol. The summed E-state index contributed by atoms with van der Waals surface area (Å²) >= 11 is 4.75. The largest absolute Gasteiger partial charge is 0.392 e. The molecule has 0 aliphatic carbocycles. The van der Waals surface area contributed by atoms with Crippen LogP contribution in [0.2, 0.25) is 0 Å². The molecule has 6 heteroatoms. The fraction of sp³-hybridized carbons (Fsp3) is 0.455. The average Bonchev–Trinajstić information content (AvgIpc) is 2.30. The first-order valence-electron chi connectivity index (χ1n) is 5.56. The zero-order valence-electron chi connectivity index (χ0n) is 10.2. The first-order valence-corrected chi connectivity index (χ1v) is 8.50. The van der Waals surface area contributed by atoms with Gasteiger partial charge in [0.05, 0.1) is 6.61 Å². The van der Waals surface area contributed by atoms with Crippen molar-refractivity contribution >= 4 is 18.3 Å². The lowest BCUT2D eigenvalue weighted by molar-refractivity contribution is 0.282. The SMILES string of the molecule is CCCCNP(N)(N)=S.OCc1ccccc1. The van der Waals surface area contributed by atoms with E-state index in [0.29, 0.717) is 0 Å². The minimum atomic E-state index is -2.11. The van der Waals surface area contributed by atoms with Crippen LogP contribution >= 0.6 is 6.49 Å². The van der Waals surface area contributed by atoms with Gasteiger partial charge in [-0.15, -0.1) is 0 Å². The van der Waals surface area contributed by atoms with Gasteiger partial charge in [0, 0.05) is 6.54 Å². The predicted molar refractivity (Wildman–Crippen MR) is 77.9 cm³/mol. The standard InChI is InChI=1S/C7H8O.C4H14N3PS/c8-6-7-4-2-1-3-5-7;1-2-3-4-7-8(5,6)9/h1-5,8H,6H2;2-4H2,1H3,(H5,5,6,7,9). The van der Waals surface area contributed by atoms with Crippen molar-refractivity contribution in [3.05, 3.63) is 35.9 Å². The third-order valence-electron chi connectivity index (χ3n) is 1.91. The van der Waals surface area contributed by atoms with Gasteiger partial charge in [0.15, 0.2) is 0 Å². The van der Waals surface area contributed by atoms with E-state index in [4.69, 9.17) is 27.9 Å². The number of aliphatic hydroxyl groups excluding tert-OH is 1. The van der Waals surface area contributed by atoms with Crippen LogP contribution in [-0.2, 0) is 18.4 Å². The molecule has 0 amide bonds. The number of hydrogen-bond donors (Lipinski definition) is 4. The normalized spacial score (nSPS) is 10.6. The van der Waals surface area contributed by atoms with E-state index in [0.717, 1.165) is 24.9 Å². The van der Waals surface area contributed by atoms with E-state index in [1.54, 1.807) is 0 Å². The average molecular weight is 275 g/mol. The van der Waals surface area contributed by atoms with Crippen molar-refractivity contribution < 1.29 is 5.11 Å². The van der Waals surface area contributed by atoms with Gasteiger partial charge in [-0.05, 0) is 23.8 Å². The molecule has 0 bridgehead atoms. The first-order chi connectivity index (χ1) is 7.99. The fourth-order valence-electron chi connectivity index (χ4n) is 1.01. The molecule has 0 saturated carbocycles. The van der Waals surface area contributed by atoms with Crippen molar-refractivity contribution in [2.45, 2.75) is 26.4 Å². The van der Waals surface area contributed by atoms with Gasteiger partial charge in [-0.2, -0.15) is 0 Å². The molecule has 1 aromatic carbocycles. The Balaban J connectivity index is 0.000000302. The molecule has 0 fully saturated rings. The van der Waals surface area contributed by atoms with Gasteiger partial charge >= 0.3 is 0 Å². The van der Waals surface area contributed by atoms with Gasteiger partial charge in [0.2, 0.25) is 0 Å². The van der Waals surface area contributed by atoms with Crippen LogP contribution in [0.25, 0.3) is 0 Å². The summed E-state index contributed by atoms with van der Waals surface area (Å²) in [7, 11) is 0. The smallest absolute Gasteiger partial charge is 0.132 e. The summed E-state index contributed by atoms with van der Waals surface area (Å²) in [6.07, 6.45) is 2.23. The lowest BCUT2D eigenvalue weighted by Crippen LogP contribution is -2.22. The maximum absolute atomic E-state index is 8.54.